The van der Waals surface area contributed by atoms with Crippen molar-refractivity contribution in [2.75, 3.05) is 0 Å². The first kappa shape index (κ1) is 13.3. The Kier molecular flexibility index (Phi) is 3.48. The molecule has 2 nitrogen and oxygen atoms in total. The molecule has 0 aliphatic heterocycles. The third-order valence-electron chi connectivity index (χ3n) is 4.18. The monoisotopic (exact) mass is 296 g/mol. The van der Waals surface area contributed by atoms with E-state index in [1.54, 1.807) is 0 Å². The van der Waals surface area contributed by atoms with Crippen molar-refractivity contribution in [3.05, 3.63) is 29.0 Å². The molecule has 1 aliphatic carbocycles. The van der Waals surface area contributed by atoms with Crippen LogP contribution in [0.3, 0.4) is 0 Å². The number of imidazole rings is 1. The van der Waals surface area contributed by atoms with E-state index in [-0.39, 0.29) is 5.38 Å². The van der Waals surface area contributed by atoms with Crippen molar-refractivity contribution in [3.63, 3.8) is 0 Å². The summed E-state index contributed by atoms with van der Waals surface area (Å²) in [7, 11) is 0. The largest absolute Gasteiger partial charge is 0.323 e. The van der Waals surface area contributed by atoms with Gasteiger partial charge >= 0.3 is 0 Å². The van der Waals surface area contributed by atoms with Gasteiger partial charge in [-0.15, -0.1) is 11.6 Å². The second-order valence-corrected chi connectivity index (χ2v) is 6.66. The van der Waals surface area contributed by atoms with Gasteiger partial charge in [0.2, 0.25) is 0 Å². The van der Waals surface area contributed by atoms with Gasteiger partial charge in [0.1, 0.15) is 5.82 Å². The number of hydrogen-bond acceptors (Lipinski definition) is 1. The van der Waals surface area contributed by atoms with Crippen LogP contribution < -0.4 is 0 Å². The zero-order valence-corrected chi connectivity index (χ0v) is 12.7. The number of aromatic nitrogens is 2. The molecule has 1 heterocycles. The molecule has 0 radical (unpaired) electrons. The first-order valence-corrected chi connectivity index (χ1v) is 7.71. The Morgan fingerprint density at radius 3 is 2.79 bits per heavy atom. The molecule has 3 unspecified atom stereocenters. The quantitative estimate of drug-likeness (QED) is 0.683. The normalized spacial score (nSPS) is 25.1. The maximum absolute atomic E-state index is 6.33. The van der Waals surface area contributed by atoms with Gasteiger partial charge in [0.15, 0.2) is 0 Å². The van der Waals surface area contributed by atoms with Crippen LogP contribution in [0.25, 0.3) is 11.0 Å². The zero-order chi connectivity index (χ0) is 13.6. The lowest BCUT2D eigenvalue weighted by atomic mass is 10.1. The van der Waals surface area contributed by atoms with E-state index in [1.807, 2.05) is 25.1 Å². The molecule has 0 amide bonds. The Labute approximate surface area is 123 Å². The van der Waals surface area contributed by atoms with Crippen molar-refractivity contribution < 1.29 is 0 Å². The fourth-order valence-electron chi connectivity index (χ4n) is 3.22. The van der Waals surface area contributed by atoms with Crippen molar-refractivity contribution in [2.45, 2.75) is 44.5 Å². The fraction of sp³-hybridized carbons (Fsp3) is 0.533. The lowest BCUT2D eigenvalue weighted by Gasteiger charge is -2.22. The number of alkyl halides is 1. The zero-order valence-electron chi connectivity index (χ0n) is 11.2. The molecule has 1 aromatic heterocycles. The SMILES string of the molecule is CC(Cl)c1nc2ccc(Cl)cc2n1C1CCCC1C. The number of nitrogens with zero attached hydrogens (tertiary/aromatic N) is 2. The molecule has 3 atom stereocenters. The van der Waals surface area contributed by atoms with E-state index in [1.165, 1.54) is 19.3 Å². The van der Waals surface area contributed by atoms with Gasteiger partial charge in [0.05, 0.1) is 16.4 Å². The molecule has 1 aromatic carbocycles. The number of hydrogen-bond donors (Lipinski definition) is 0. The van der Waals surface area contributed by atoms with Crippen LogP contribution in [0.2, 0.25) is 5.02 Å². The van der Waals surface area contributed by atoms with Crippen LogP contribution in [0.5, 0.6) is 0 Å². The Balaban J connectivity index is 2.23. The maximum atomic E-state index is 6.33. The van der Waals surface area contributed by atoms with E-state index in [9.17, 15) is 0 Å². The van der Waals surface area contributed by atoms with Gasteiger partial charge < -0.3 is 4.57 Å². The predicted octanol–water partition coefficient (Wildman–Crippen LogP) is 5.35. The molecule has 1 saturated carbocycles. The van der Waals surface area contributed by atoms with E-state index in [0.29, 0.717) is 12.0 Å². The second-order valence-electron chi connectivity index (χ2n) is 5.56. The van der Waals surface area contributed by atoms with Gasteiger partial charge in [-0.25, -0.2) is 4.98 Å². The second kappa shape index (κ2) is 4.99. The number of benzene rings is 1. The van der Waals surface area contributed by atoms with E-state index in [0.717, 1.165) is 21.9 Å². The molecule has 1 fully saturated rings. The highest BCUT2D eigenvalue weighted by Crippen LogP contribution is 2.40. The summed E-state index contributed by atoms with van der Waals surface area (Å²) in [5, 5.41) is 0.673. The van der Waals surface area contributed by atoms with Crippen molar-refractivity contribution in [3.8, 4) is 0 Å². The predicted molar refractivity (Wildman–Crippen MR) is 81.1 cm³/mol. The molecule has 0 N–H and O–H groups in total. The molecule has 19 heavy (non-hydrogen) atoms. The number of fused-ring (bicyclic) bond motifs is 1. The average molecular weight is 297 g/mol. The third-order valence-corrected chi connectivity index (χ3v) is 4.61. The minimum Gasteiger partial charge on any atom is -0.323 e. The summed E-state index contributed by atoms with van der Waals surface area (Å²) in [6.45, 7) is 4.30. The highest BCUT2D eigenvalue weighted by atomic mass is 35.5. The van der Waals surface area contributed by atoms with Gasteiger partial charge in [-0.3, -0.25) is 0 Å². The summed E-state index contributed by atoms with van der Waals surface area (Å²) in [5.41, 5.74) is 2.11. The summed E-state index contributed by atoms with van der Waals surface area (Å²) in [5.74, 6) is 1.64. The molecule has 1 aliphatic rings. The van der Waals surface area contributed by atoms with Crippen LogP contribution in [-0.2, 0) is 0 Å². The van der Waals surface area contributed by atoms with Gasteiger partial charge in [0, 0.05) is 11.1 Å². The van der Waals surface area contributed by atoms with E-state index in [4.69, 9.17) is 28.2 Å². The van der Waals surface area contributed by atoms with Crippen LogP contribution in [0.1, 0.15) is 50.4 Å². The molecule has 2 aromatic rings. The molecule has 4 heteroatoms. The van der Waals surface area contributed by atoms with Gasteiger partial charge in [-0.05, 0) is 43.9 Å². The van der Waals surface area contributed by atoms with E-state index < -0.39 is 0 Å². The molecule has 102 valence electrons. The van der Waals surface area contributed by atoms with Gasteiger partial charge in [-0.1, -0.05) is 24.9 Å². The summed E-state index contributed by atoms with van der Waals surface area (Å²) in [6.07, 6.45) is 3.76. The van der Waals surface area contributed by atoms with Crippen LogP contribution in [0, 0.1) is 5.92 Å². The topological polar surface area (TPSA) is 17.8 Å². The van der Waals surface area contributed by atoms with Crippen LogP contribution in [0.4, 0.5) is 0 Å². The minimum absolute atomic E-state index is 0.0843. The Morgan fingerprint density at radius 2 is 2.16 bits per heavy atom. The van der Waals surface area contributed by atoms with E-state index in [2.05, 4.69) is 11.5 Å². The van der Waals surface area contributed by atoms with Crippen molar-refractivity contribution in [2.24, 2.45) is 5.92 Å². The molecule has 0 bridgehead atoms. The molecular weight excluding hydrogens is 279 g/mol. The first-order valence-electron chi connectivity index (χ1n) is 6.89. The highest BCUT2D eigenvalue weighted by molar-refractivity contribution is 6.31. The summed E-state index contributed by atoms with van der Waals surface area (Å²) < 4.78 is 2.33. The third kappa shape index (κ3) is 2.25. The minimum atomic E-state index is -0.0843. The van der Waals surface area contributed by atoms with Crippen LogP contribution in [0.15, 0.2) is 18.2 Å². The van der Waals surface area contributed by atoms with Crippen LogP contribution in [-0.4, -0.2) is 9.55 Å². The molecule has 0 spiro atoms. The Bertz CT molecular complexity index is 603. The van der Waals surface area contributed by atoms with Crippen molar-refractivity contribution in [1.29, 1.82) is 0 Å². The molecule has 0 saturated heterocycles. The molecular formula is C15H18Cl2N2. The maximum Gasteiger partial charge on any atom is 0.127 e. The lowest BCUT2D eigenvalue weighted by Crippen LogP contribution is -2.15. The van der Waals surface area contributed by atoms with Gasteiger partial charge in [-0.2, -0.15) is 0 Å². The average Bonchev–Trinajstić information content (AvgIpc) is 2.92. The number of halogens is 2. The molecule has 3 rings (SSSR count). The highest BCUT2D eigenvalue weighted by Gasteiger charge is 2.29. The fourth-order valence-corrected chi connectivity index (χ4v) is 3.54. The standard InChI is InChI=1S/C15H18Cl2N2/c1-9-4-3-5-13(9)19-14-8-11(17)6-7-12(14)18-15(19)10(2)16/h6-10,13H,3-5H2,1-2H3. The number of rotatable bonds is 2. The summed E-state index contributed by atoms with van der Waals surface area (Å²) in [4.78, 5) is 4.70. The van der Waals surface area contributed by atoms with Crippen molar-refractivity contribution >= 4 is 34.2 Å². The Morgan fingerprint density at radius 1 is 1.37 bits per heavy atom. The smallest absolute Gasteiger partial charge is 0.127 e. The summed E-state index contributed by atoms with van der Waals surface area (Å²) >= 11 is 12.5. The Hall–Kier alpha value is -0.730. The van der Waals surface area contributed by atoms with E-state index >= 15 is 0 Å². The van der Waals surface area contributed by atoms with Gasteiger partial charge in [0.25, 0.3) is 0 Å². The summed E-state index contributed by atoms with van der Waals surface area (Å²) in [6, 6.07) is 6.38. The van der Waals surface area contributed by atoms with Crippen LogP contribution >= 0.6 is 23.2 Å². The lowest BCUT2D eigenvalue weighted by molar-refractivity contribution is 0.405. The van der Waals surface area contributed by atoms with Crippen molar-refractivity contribution in [1.82, 2.24) is 9.55 Å². The first-order chi connectivity index (χ1) is 9.08.